The Morgan fingerprint density at radius 2 is 1.79 bits per heavy atom. The lowest BCUT2D eigenvalue weighted by Crippen LogP contribution is -2.45. The molecule has 1 heterocycles. The Morgan fingerprint density at radius 3 is 2.47 bits per heavy atom. The van der Waals surface area contributed by atoms with Crippen molar-refractivity contribution < 1.29 is 9.59 Å². The van der Waals surface area contributed by atoms with Gasteiger partial charge in [0, 0.05) is 22.9 Å². The monoisotopic (exact) mass is 542 g/mol. The predicted octanol–water partition coefficient (Wildman–Crippen LogP) is 6.10. The van der Waals surface area contributed by atoms with Crippen LogP contribution in [0.1, 0.15) is 46.1 Å². The number of amides is 2. The van der Waals surface area contributed by atoms with Gasteiger partial charge in [0.15, 0.2) is 0 Å². The summed E-state index contributed by atoms with van der Waals surface area (Å²) in [4.78, 5) is 26.0. The van der Waals surface area contributed by atoms with Gasteiger partial charge in [0.2, 0.25) is 16.9 Å². The molecule has 0 bridgehead atoms. The molecule has 0 saturated heterocycles. The number of nitrogens with zero attached hydrogens (tertiary/aromatic N) is 2. The van der Waals surface area contributed by atoms with Crippen LogP contribution in [0, 0.1) is 11.3 Å². The first-order valence-electron chi connectivity index (χ1n) is 11.3. The topological polar surface area (TPSA) is 84.0 Å². The van der Waals surface area contributed by atoms with Crippen molar-refractivity contribution in [2.45, 2.75) is 53.0 Å². The Morgan fingerprint density at radius 1 is 1.06 bits per heavy atom. The SMILES string of the molecule is C[C@@H](CC(=O)N[C@@H](Cc1ccccc1)C(=O)Nc1nnc(-c2cccc(Br)c2)s1)CC(C)(C)C. The molecule has 3 aromatic rings. The lowest BCUT2D eigenvalue weighted by molar-refractivity contribution is -0.127. The third-order valence-corrected chi connectivity index (χ3v) is 6.54. The molecule has 34 heavy (non-hydrogen) atoms. The zero-order valence-electron chi connectivity index (χ0n) is 20.0. The summed E-state index contributed by atoms with van der Waals surface area (Å²) in [6.07, 6.45) is 1.70. The Balaban J connectivity index is 1.70. The number of hydrogen-bond donors (Lipinski definition) is 2. The van der Waals surface area contributed by atoms with E-state index in [1.165, 1.54) is 11.3 Å². The fourth-order valence-electron chi connectivity index (χ4n) is 3.95. The van der Waals surface area contributed by atoms with Crippen LogP contribution in [-0.2, 0) is 16.0 Å². The first-order valence-corrected chi connectivity index (χ1v) is 12.9. The molecule has 0 aliphatic rings. The van der Waals surface area contributed by atoms with E-state index in [9.17, 15) is 9.59 Å². The van der Waals surface area contributed by atoms with Gasteiger partial charge in [0.05, 0.1) is 0 Å². The molecule has 0 fully saturated rings. The van der Waals surface area contributed by atoms with Crippen molar-refractivity contribution >= 4 is 44.2 Å². The van der Waals surface area contributed by atoms with Crippen LogP contribution >= 0.6 is 27.3 Å². The number of rotatable bonds is 9. The standard InChI is InChI=1S/C26H31BrN4O2S/c1-17(16-26(2,3)4)13-22(32)28-21(14-18-9-6-5-7-10-18)23(33)29-25-31-30-24(34-25)19-11-8-12-20(27)15-19/h5-12,15,17,21H,13-14,16H2,1-4H3,(H,28,32)(H,29,31,33)/t17-,21-/m0/s1. The third-order valence-electron chi connectivity index (χ3n) is 5.16. The number of hydrogen-bond acceptors (Lipinski definition) is 5. The Bertz CT molecular complexity index is 1110. The average molecular weight is 544 g/mol. The lowest BCUT2D eigenvalue weighted by atomic mass is 9.84. The van der Waals surface area contributed by atoms with Gasteiger partial charge in [-0.25, -0.2) is 0 Å². The maximum atomic E-state index is 13.2. The zero-order valence-corrected chi connectivity index (χ0v) is 22.4. The quantitative estimate of drug-likeness (QED) is 0.342. The minimum atomic E-state index is -0.713. The van der Waals surface area contributed by atoms with E-state index >= 15 is 0 Å². The van der Waals surface area contributed by atoms with Gasteiger partial charge in [-0.2, -0.15) is 0 Å². The largest absolute Gasteiger partial charge is 0.344 e. The molecule has 0 aliphatic heterocycles. The number of carbonyl (C=O) groups is 2. The highest BCUT2D eigenvalue weighted by atomic mass is 79.9. The highest BCUT2D eigenvalue weighted by Gasteiger charge is 2.25. The maximum absolute atomic E-state index is 13.2. The van der Waals surface area contributed by atoms with Crippen molar-refractivity contribution in [2.75, 3.05) is 5.32 Å². The van der Waals surface area contributed by atoms with Crippen LogP contribution < -0.4 is 10.6 Å². The molecule has 0 radical (unpaired) electrons. The van der Waals surface area contributed by atoms with E-state index in [-0.39, 0.29) is 23.1 Å². The van der Waals surface area contributed by atoms with E-state index < -0.39 is 6.04 Å². The minimum absolute atomic E-state index is 0.125. The average Bonchev–Trinajstić information content (AvgIpc) is 3.21. The summed E-state index contributed by atoms with van der Waals surface area (Å²) in [5, 5.41) is 15.2. The number of benzene rings is 2. The molecule has 0 spiro atoms. The fraction of sp³-hybridized carbons (Fsp3) is 0.385. The summed E-state index contributed by atoms with van der Waals surface area (Å²) in [7, 11) is 0. The number of nitrogens with one attached hydrogen (secondary N) is 2. The van der Waals surface area contributed by atoms with Gasteiger partial charge in [-0.15, -0.1) is 10.2 Å². The lowest BCUT2D eigenvalue weighted by Gasteiger charge is -2.24. The Hall–Kier alpha value is -2.58. The normalized spacial score (nSPS) is 13.2. The molecular weight excluding hydrogens is 512 g/mol. The van der Waals surface area contributed by atoms with Crippen molar-refractivity contribution in [2.24, 2.45) is 11.3 Å². The second-order valence-corrected chi connectivity index (χ2v) is 11.7. The molecule has 2 atom stereocenters. The van der Waals surface area contributed by atoms with Gasteiger partial charge in [-0.3, -0.25) is 14.9 Å². The molecule has 2 N–H and O–H groups in total. The summed E-state index contributed by atoms with van der Waals surface area (Å²) in [6.45, 7) is 8.56. The van der Waals surface area contributed by atoms with E-state index in [2.05, 4.69) is 64.5 Å². The molecule has 0 aliphatic carbocycles. The minimum Gasteiger partial charge on any atom is -0.344 e. The van der Waals surface area contributed by atoms with Gasteiger partial charge < -0.3 is 5.32 Å². The highest BCUT2D eigenvalue weighted by Crippen LogP contribution is 2.28. The van der Waals surface area contributed by atoms with Gasteiger partial charge in [0.25, 0.3) is 0 Å². The van der Waals surface area contributed by atoms with Crippen molar-refractivity contribution in [3.63, 3.8) is 0 Å². The molecule has 8 heteroatoms. The molecule has 1 aromatic heterocycles. The zero-order chi connectivity index (χ0) is 24.7. The summed E-state index contributed by atoms with van der Waals surface area (Å²) in [6, 6.07) is 16.7. The van der Waals surface area contributed by atoms with Crippen LogP contribution in [0.25, 0.3) is 10.6 Å². The van der Waals surface area contributed by atoms with Gasteiger partial charge in [-0.05, 0) is 35.4 Å². The van der Waals surface area contributed by atoms with Gasteiger partial charge >= 0.3 is 0 Å². The van der Waals surface area contributed by atoms with E-state index in [4.69, 9.17) is 0 Å². The molecule has 0 saturated carbocycles. The Labute approximate surface area is 213 Å². The van der Waals surface area contributed by atoms with Crippen LogP contribution in [0.15, 0.2) is 59.1 Å². The molecule has 180 valence electrons. The van der Waals surface area contributed by atoms with Crippen LogP contribution in [0.4, 0.5) is 5.13 Å². The van der Waals surface area contributed by atoms with E-state index in [1.807, 2.05) is 54.6 Å². The van der Waals surface area contributed by atoms with Crippen LogP contribution in [0.2, 0.25) is 0 Å². The van der Waals surface area contributed by atoms with Crippen molar-refractivity contribution in [1.82, 2.24) is 15.5 Å². The van der Waals surface area contributed by atoms with Gasteiger partial charge in [0.1, 0.15) is 11.0 Å². The summed E-state index contributed by atoms with van der Waals surface area (Å²) in [5.74, 6) is -0.214. The van der Waals surface area contributed by atoms with E-state index in [1.54, 1.807) is 0 Å². The van der Waals surface area contributed by atoms with Crippen LogP contribution in [0.3, 0.4) is 0 Å². The first-order chi connectivity index (χ1) is 16.1. The fourth-order valence-corrected chi connectivity index (χ4v) is 5.09. The van der Waals surface area contributed by atoms with Crippen LogP contribution in [0.5, 0.6) is 0 Å². The molecule has 6 nitrogen and oxygen atoms in total. The molecule has 0 unspecified atom stereocenters. The third kappa shape index (κ3) is 8.33. The summed E-state index contributed by atoms with van der Waals surface area (Å²) < 4.78 is 0.942. The number of halogens is 1. The van der Waals surface area contributed by atoms with Crippen molar-refractivity contribution in [3.8, 4) is 10.6 Å². The maximum Gasteiger partial charge on any atom is 0.249 e. The number of carbonyl (C=O) groups excluding carboxylic acids is 2. The van der Waals surface area contributed by atoms with E-state index in [0.29, 0.717) is 23.0 Å². The summed E-state index contributed by atoms with van der Waals surface area (Å²) in [5.41, 5.74) is 2.02. The Kier molecular flexibility index (Phi) is 8.97. The highest BCUT2D eigenvalue weighted by molar-refractivity contribution is 9.10. The van der Waals surface area contributed by atoms with Crippen LogP contribution in [-0.4, -0.2) is 28.1 Å². The smallest absolute Gasteiger partial charge is 0.249 e. The van der Waals surface area contributed by atoms with Crippen molar-refractivity contribution in [1.29, 1.82) is 0 Å². The number of aromatic nitrogens is 2. The predicted molar refractivity (Wildman–Crippen MR) is 142 cm³/mol. The molecule has 2 aromatic carbocycles. The van der Waals surface area contributed by atoms with Crippen molar-refractivity contribution in [3.05, 3.63) is 64.6 Å². The second kappa shape index (κ2) is 11.7. The summed E-state index contributed by atoms with van der Waals surface area (Å²) >= 11 is 4.75. The van der Waals surface area contributed by atoms with E-state index in [0.717, 1.165) is 22.0 Å². The number of anilines is 1. The molecular formula is C26H31BrN4O2S. The van der Waals surface area contributed by atoms with Gasteiger partial charge in [-0.1, -0.05) is 97.4 Å². The second-order valence-electron chi connectivity index (χ2n) is 9.80. The first kappa shape index (κ1) is 26.0. The molecule has 2 amide bonds. The molecule has 3 rings (SSSR count).